The predicted molar refractivity (Wildman–Crippen MR) is 77.0 cm³/mol. The maximum atomic E-state index is 12.7. The second-order valence-corrected chi connectivity index (χ2v) is 7.62. The molecule has 4 rings (SSSR count). The van der Waals surface area contributed by atoms with Gasteiger partial charge in [0, 0.05) is 18.8 Å². The molecule has 0 unspecified atom stereocenters. The summed E-state index contributed by atoms with van der Waals surface area (Å²) in [6, 6.07) is 0. The van der Waals surface area contributed by atoms with E-state index >= 15 is 0 Å². The molecule has 6 heteroatoms. The number of fused-ring (bicyclic) bond motifs is 3. The molecule has 0 N–H and O–H groups in total. The lowest BCUT2D eigenvalue weighted by Crippen LogP contribution is -2.54. The van der Waals surface area contributed by atoms with Gasteiger partial charge in [-0.3, -0.25) is 14.4 Å². The van der Waals surface area contributed by atoms with Crippen molar-refractivity contribution in [3.05, 3.63) is 11.6 Å². The van der Waals surface area contributed by atoms with Crippen molar-refractivity contribution < 1.29 is 28.6 Å². The number of epoxide rings is 1. The smallest absolute Gasteiger partial charge is 0.321 e. The van der Waals surface area contributed by atoms with Crippen LogP contribution in [0.25, 0.3) is 0 Å². The van der Waals surface area contributed by atoms with Gasteiger partial charge in [0.1, 0.15) is 11.5 Å². The molecule has 0 amide bonds. The summed E-state index contributed by atoms with van der Waals surface area (Å²) in [6.45, 7) is 7.11. The van der Waals surface area contributed by atoms with Gasteiger partial charge in [0.2, 0.25) is 6.29 Å². The number of carbonyl (C=O) groups is 3. The molecule has 6 nitrogen and oxygen atoms in total. The van der Waals surface area contributed by atoms with E-state index in [1.165, 1.54) is 6.92 Å². The van der Waals surface area contributed by atoms with E-state index in [0.29, 0.717) is 12.8 Å². The lowest BCUT2D eigenvalue weighted by atomic mass is 9.64. The second kappa shape index (κ2) is 4.04. The van der Waals surface area contributed by atoms with Crippen LogP contribution in [-0.2, 0) is 28.6 Å². The molecule has 2 aliphatic carbocycles. The van der Waals surface area contributed by atoms with Crippen molar-refractivity contribution in [1.82, 2.24) is 0 Å². The van der Waals surface area contributed by atoms with Gasteiger partial charge in [0.25, 0.3) is 0 Å². The molecule has 2 heterocycles. The number of allylic oxidation sites excluding steroid dienone is 1. The van der Waals surface area contributed by atoms with Crippen LogP contribution in [0.4, 0.5) is 0 Å². The quantitative estimate of drug-likeness (QED) is 0.538. The predicted octanol–water partition coefficient (Wildman–Crippen LogP) is 1.52. The first-order valence-corrected chi connectivity index (χ1v) is 7.96. The lowest BCUT2D eigenvalue weighted by molar-refractivity contribution is -0.182. The SMILES string of the molecule is CC(=O)O[C@H]1[C@@]2(C)C(=CC(=O)C[C@@H]2C)C[C@]12C(=O)O[C@@H]1O[C@@]12C. The fourth-order valence-electron chi connectivity index (χ4n) is 4.86. The second-order valence-electron chi connectivity index (χ2n) is 7.62. The Bertz CT molecular complexity index is 681. The van der Waals surface area contributed by atoms with E-state index in [0.717, 1.165) is 5.57 Å². The van der Waals surface area contributed by atoms with Crippen molar-refractivity contribution in [2.75, 3.05) is 0 Å². The molecule has 2 saturated heterocycles. The van der Waals surface area contributed by atoms with Crippen LogP contribution in [0.3, 0.4) is 0 Å². The zero-order valence-corrected chi connectivity index (χ0v) is 13.7. The third-order valence-electron chi connectivity index (χ3n) is 6.51. The van der Waals surface area contributed by atoms with Crippen LogP contribution in [0.15, 0.2) is 11.6 Å². The minimum absolute atomic E-state index is 0.0343. The Morgan fingerprint density at radius 3 is 2.61 bits per heavy atom. The summed E-state index contributed by atoms with van der Waals surface area (Å²) in [5.74, 6) is -0.818. The number of ketones is 1. The molecule has 1 saturated carbocycles. The van der Waals surface area contributed by atoms with E-state index in [2.05, 4.69) is 0 Å². The number of carbonyl (C=O) groups excluding carboxylic acids is 3. The molecule has 2 aliphatic heterocycles. The van der Waals surface area contributed by atoms with Gasteiger partial charge in [-0.15, -0.1) is 0 Å². The summed E-state index contributed by atoms with van der Waals surface area (Å²) in [5.41, 5.74) is -1.57. The highest BCUT2D eigenvalue weighted by Crippen LogP contribution is 2.71. The van der Waals surface area contributed by atoms with Crippen molar-refractivity contribution in [3.8, 4) is 0 Å². The van der Waals surface area contributed by atoms with Gasteiger partial charge in [0.15, 0.2) is 11.4 Å². The van der Waals surface area contributed by atoms with Gasteiger partial charge in [-0.1, -0.05) is 19.4 Å². The fraction of sp³-hybridized carbons (Fsp3) is 0.706. The summed E-state index contributed by atoms with van der Waals surface area (Å²) in [7, 11) is 0. The Hall–Kier alpha value is -1.69. The fourth-order valence-corrected chi connectivity index (χ4v) is 4.86. The van der Waals surface area contributed by atoms with Gasteiger partial charge in [-0.2, -0.15) is 0 Å². The molecular formula is C17H20O6. The molecule has 6 atom stereocenters. The molecule has 0 aromatic heterocycles. The first kappa shape index (κ1) is 14.9. The highest BCUT2D eigenvalue weighted by atomic mass is 16.8. The summed E-state index contributed by atoms with van der Waals surface area (Å²) < 4.78 is 16.7. The van der Waals surface area contributed by atoms with Crippen molar-refractivity contribution in [2.24, 2.45) is 16.7 Å². The van der Waals surface area contributed by atoms with E-state index in [4.69, 9.17) is 14.2 Å². The van der Waals surface area contributed by atoms with Crippen LogP contribution in [0, 0.1) is 16.7 Å². The van der Waals surface area contributed by atoms with Crippen LogP contribution in [0.2, 0.25) is 0 Å². The zero-order chi connectivity index (χ0) is 16.8. The van der Waals surface area contributed by atoms with Crippen molar-refractivity contribution in [2.45, 2.75) is 58.5 Å². The molecule has 3 fully saturated rings. The van der Waals surface area contributed by atoms with E-state index in [-0.39, 0.29) is 11.7 Å². The first-order valence-electron chi connectivity index (χ1n) is 7.96. The highest BCUT2D eigenvalue weighted by Gasteiger charge is 2.85. The van der Waals surface area contributed by atoms with Crippen LogP contribution in [0.5, 0.6) is 0 Å². The standard InChI is InChI=1S/C17H20O6/c1-8-5-11(19)6-10-7-17(12(15(8,10)3)21-9(2)18)13(20)22-14-16(17,4)23-14/h6,8,12,14H,5,7H2,1-4H3/t8-,12-,14+,15+,16-,17+/m0/s1. The summed E-state index contributed by atoms with van der Waals surface area (Å²) in [4.78, 5) is 36.5. The third-order valence-corrected chi connectivity index (χ3v) is 6.51. The van der Waals surface area contributed by atoms with Crippen molar-refractivity contribution >= 4 is 17.7 Å². The Balaban J connectivity index is 1.91. The van der Waals surface area contributed by atoms with Gasteiger partial charge < -0.3 is 14.2 Å². The molecule has 23 heavy (non-hydrogen) atoms. The summed E-state index contributed by atoms with van der Waals surface area (Å²) >= 11 is 0. The Labute approximate surface area is 134 Å². The summed E-state index contributed by atoms with van der Waals surface area (Å²) in [5, 5.41) is 0. The molecule has 0 radical (unpaired) electrons. The van der Waals surface area contributed by atoms with Crippen molar-refractivity contribution in [1.29, 1.82) is 0 Å². The van der Waals surface area contributed by atoms with Crippen molar-refractivity contribution in [3.63, 3.8) is 0 Å². The molecule has 0 aromatic rings. The number of hydrogen-bond acceptors (Lipinski definition) is 6. The van der Waals surface area contributed by atoms with Crippen LogP contribution >= 0.6 is 0 Å². The molecule has 1 spiro atoms. The monoisotopic (exact) mass is 320 g/mol. The molecular weight excluding hydrogens is 300 g/mol. The van der Waals surface area contributed by atoms with Gasteiger partial charge in [-0.05, 0) is 25.3 Å². The molecule has 0 bridgehead atoms. The average Bonchev–Trinajstić information content (AvgIpc) is 2.94. The van der Waals surface area contributed by atoms with Gasteiger partial charge in [-0.25, -0.2) is 0 Å². The van der Waals surface area contributed by atoms with Crippen LogP contribution < -0.4 is 0 Å². The minimum atomic E-state index is -1.07. The number of ether oxygens (including phenoxy) is 3. The topological polar surface area (TPSA) is 82.2 Å². The molecule has 124 valence electrons. The normalized spacial score (nSPS) is 50.3. The van der Waals surface area contributed by atoms with Crippen LogP contribution in [-0.4, -0.2) is 35.7 Å². The van der Waals surface area contributed by atoms with Gasteiger partial charge >= 0.3 is 11.9 Å². The molecule has 4 aliphatic rings. The lowest BCUT2D eigenvalue weighted by Gasteiger charge is -2.43. The maximum Gasteiger partial charge on any atom is 0.321 e. The largest absolute Gasteiger partial charge is 0.460 e. The number of esters is 2. The average molecular weight is 320 g/mol. The zero-order valence-electron chi connectivity index (χ0n) is 13.7. The van der Waals surface area contributed by atoms with E-state index in [1.54, 1.807) is 6.08 Å². The summed E-state index contributed by atoms with van der Waals surface area (Å²) in [6.07, 6.45) is 1.07. The first-order chi connectivity index (χ1) is 10.7. The van der Waals surface area contributed by atoms with Crippen LogP contribution in [0.1, 0.15) is 40.5 Å². The Morgan fingerprint density at radius 2 is 2.04 bits per heavy atom. The van der Waals surface area contributed by atoms with E-state index in [1.807, 2.05) is 20.8 Å². The third kappa shape index (κ3) is 1.50. The Kier molecular flexibility index (Phi) is 2.61. The number of rotatable bonds is 1. The maximum absolute atomic E-state index is 12.7. The van der Waals surface area contributed by atoms with E-state index in [9.17, 15) is 14.4 Å². The van der Waals surface area contributed by atoms with E-state index < -0.39 is 40.8 Å². The minimum Gasteiger partial charge on any atom is -0.460 e. The Morgan fingerprint density at radius 1 is 1.35 bits per heavy atom. The highest BCUT2D eigenvalue weighted by molar-refractivity contribution is 5.94. The number of hydrogen-bond donors (Lipinski definition) is 0. The van der Waals surface area contributed by atoms with Gasteiger partial charge in [0.05, 0.1) is 0 Å². The molecule has 0 aromatic carbocycles.